The summed E-state index contributed by atoms with van der Waals surface area (Å²) in [7, 11) is -4.46. The van der Waals surface area contributed by atoms with Crippen molar-refractivity contribution in [2.75, 3.05) is 0 Å². The van der Waals surface area contributed by atoms with Gasteiger partial charge in [0, 0.05) is 5.31 Å². The Bertz CT molecular complexity index is 653. The van der Waals surface area contributed by atoms with E-state index < -0.39 is 38.0 Å². The summed E-state index contributed by atoms with van der Waals surface area (Å²) in [5.74, 6) is -1.17. The van der Waals surface area contributed by atoms with E-state index in [1.807, 2.05) is 0 Å². The number of allylic oxidation sites excluding steroid dienone is 1. The van der Waals surface area contributed by atoms with Gasteiger partial charge in [-0.2, -0.15) is 0 Å². The van der Waals surface area contributed by atoms with E-state index in [1.54, 1.807) is 0 Å². The molecule has 0 bridgehead atoms. The van der Waals surface area contributed by atoms with Crippen LogP contribution in [0.15, 0.2) is 17.7 Å². The first-order chi connectivity index (χ1) is 10.1. The standard InChI is InChI=1S/C10H15N4O7P/c1-4(22(18,19)20)2-5-6(15)7(16)10(21-5)14-3-12-9(13-14)8(11)17/h2-3,5-7,10,15-16H,1H3,(H2,11,17)(H2,18,19,20)/b4-2+/t5-,6-,7-,10-/m1/s1. The molecule has 1 aromatic rings. The van der Waals surface area contributed by atoms with Crippen molar-refractivity contribution in [1.82, 2.24) is 14.8 Å². The van der Waals surface area contributed by atoms with Gasteiger partial charge in [-0.3, -0.25) is 9.36 Å². The van der Waals surface area contributed by atoms with Crippen LogP contribution in [0.3, 0.4) is 0 Å². The lowest BCUT2D eigenvalue weighted by atomic mass is 10.1. The molecule has 1 aromatic heterocycles. The fraction of sp³-hybridized carbons (Fsp3) is 0.500. The van der Waals surface area contributed by atoms with Crippen LogP contribution in [0.25, 0.3) is 0 Å². The molecular weight excluding hydrogens is 319 g/mol. The van der Waals surface area contributed by atoms with Gasteiger partial charge in [-0.05, 0) is 13.0 Å². The lowest BCUT2D eigenvalue weighted by molar-refractivity contribution is -0.0347. The van der Waals surface area contributed by atoms with Crippen molar-refractivity contribution in [1.29, 1.82) is 0 Å². The summed E-state index contributed by atoms with van der Waals surface area (Å²) in [6.45, 7) is 1.18. The van der Waals surface area contributed by atoms with Gasteiger partial charge < -0.3 is 30.5 Å². The monoisotopic (exact) mass is 334 g/mol. The minimum Gasteiger partial charge on any atom is -0.387 e. The Morgan fingerprint density at radius 2 is 2.09 bits per heavy atom. The van der Waals surface area contributed by atoms with Crippen LogP contribution in [-0.2, 0) is 9.30 Å². The van der Waals surface area contributed by atoms with Gasteiger partial charge in [0.15, 0.2) is 6.23 Å². The topological polar surface area (TPSA) is 181 Å². The molecule has 2 heterocycles. The summed E-state index contributed by atoms with van der Waals surface area (Å²) < 4.78 is 17.4. The number of ether oxygens (including phenoxy) is 1. The van der Waals surface area contributed by atoms with E-state index in [4.69, 9.17) is 20.3 Å². The highest BCUT2D eigenvalue weighted by Crippen LogP contribution is 2.45. The van der Waals surface area contributed by atoms with Crippen molar-refractivity contribution < 1.29 is 34.1 Å². The zero-order chi connectivity index (χ0) is 16.7. The van der Waals surface area contributed by atoms with Crippen molar-refractivity contribution in [3.05, 3.63) is 23.5 Å². The van der Waals surface area contributed by atoms with Crippen molar-refractivity contribution in [3.8, 4) is 0 Å². The van der Waals surface area contributed by atoms with Crippen LogP contribution in [-0.4, -0.2) is 59.0 Å². The molecule has 1 saturated heterocycles. The molecule has 0 aromatic carbocycles. The van der Waals surface area contributed by atoms with Gasteiger partial charge in [0.2, 0.25) is 5.82 Å². The van der Waals surface area contributed by atoms with E-state index in [9.17, 15) is 19.6 Å². The van der Waals surface area contributed by atoms with Crippen molar-refractivity contribution >= 4 is 13.5 Å². The third kappa shape index (κ3) is 3.24. The fourth-order valence-corrected chi connectivity index (χ4v) is 2.23. The summed E-state index contributed by atoms with van der Waals surface area (Å²) in [4.78, 5) is 32.6. The maximum absolute atomic E-state index is 11.1. The number of rotatable bonds is 4. The highest BCUT2D eigenvalue weighted by molar-refractivity contribution is 7.56. The molecule has 0 spiro atoms. The molecule has 1 fully saturated rings. The predicted octanol–water partition coefficient (Wildman–Crippen LogP) is -1.92. The summed E-state index contributed by atoms with van der Waals surface area (Å²) in [5.41, 5.74) is 5.00. The zero-order valence-electron chi connectivity index (χ0n) is 11.3. The van der Waals surface area contributed by atoms with E-state index >= 15 is 0 Å². The second-order valence-electron chi connectivity index (χ2n) is 4.74. The Morgan fingerprint density at radius 1 is 1.45 bits per heavy atom. The molecule has 4 atom stereocenters. The van der Waals surface area contributed by atoms with Gasteiger partial charge >= 0.3 is 7.60 Å². The first-order valence-corrected chi connectivity index (χ1v) is 7.69. The van der Waals surface area contributed by atoms with Crippen LogP contribution in [0.1, 0.15) is 23.8 Å². The van der Waals surface area contributed by atoms with Crippen LogP contribution in [0.2, 0.25) is 0 Å². The Morgan fingerprint density at radius 3 is 2.59 bits per heavy atom. The molecule has 0 unspecified atom stereocenters. The predicted molar refractivity (Wildman–Crippen MR) is 70.3 cm³/mol. The van der Waals surface area contributed by atoms with Crippen LogP contribution in [0, 0.1) is 0 Å². The number of hydrogen-bond donors (Lipinski definition) is 5. The van der Waals surface area contributed by atoms with Crippen LogP contribution < -0.4 is 5.73 Å². The van der Waals surface area contributed by atoms with E-state index in [1.165, 1.54) is 6.92 Å². The van der Waals surface area contributed by atoms with E-state index in [-0.39, 0.29) is 11.1 Å². The average Bonchev–Trinajstić information content (AvgIpc) is 2.98. The van der Waals surface area contributed by atoms with Crippen LogP contribution in [0.5, 0.6) is 0 Å². The van der Waals surface area contributed by atoms with E-state index in [2.05, 4.69) is 10.1 Å². The first kappa shape index (κ1) is 16.7. The highest BCUT2D eigenvalue weighted by atomic mass is 31.2. The van der Waals surface area contributed by atoms with Gasteiger partial charge in [-0.15, -0.1) is 5.10 Å². The fourth-order valence-electron chi connectivity index (χ4n) is 1.89. The number of hydrogen-bond acceptors (Lipinski definition) is 7. The minimum atomic E-state index is -4.46. The Balaban J connectivity index is 2.23. The molecule has 0 saturated carbocycles. The molecular formula is C10H15N4O7P. The number of carbonyl (C=O) groups excluding carboxylic acids is 1. The largest absolute Gasteiger partial charge is 0.387 e. The first-order valence-electron chi connectivity index (χ1n) is 6.08. The second-order valence-corrected chi connectivity index (χ2v) is 6.53. The Hall–Kier alpha value is -1.62. The van der Waals surface area contributed by atoms with E-state index in [0.717, 1.165) is 17.1 Å². The number of nitrogens with two attached hydrogens (primary N) is 1. The van der Waals surface area contributed by atoms with Crippen LogP contribution >= 0.6 is 7.60 Å². The number of aliphatic hydroxyl groups excluding tert-OH is 2. The summed E-state index contributed by atoms with van der Waals surface area (Å²) in [6, 6.07) is 0. The molecule has 1 aliphatic heterocycles. The third-order valence-corrected chi connectivity index (χ3v) is 4.20. The maximum Gasteiger partial charge on any atom is 0.351 e. The number of carbonyl (C=O) groups is 1. The summed E-state index contributed by atoms with van der Waals surface area (Å²) in [5, 5.41) is 23.2. The number of nitrogens with zero attached hydrogens (tertiary/aromatic N) is 3. The van der Waals surface area contributed by atoms with Crippen molar-refractivity contribution in [3.63, 3.8) is 0 Å². The molecule has 12 heteroatoms. The highest BCUT2D eigenvalue weighted by Gasteiger charge is 2.44. The summed E-state index contributed by atoms with van der Waals surface area (Å²) >= 11 is 0. The summed E-state index contributed by atoms with van der Waals surface area (Å²) in [6.07, 6.45) is -3.10. The normalized spacial score (nSPS) is 29.8. The Kier molecular flexibility index (Phi) is 4.47. The quantitative estimate of drug-likeness (QED) is 0.392. The van der Waals surface area contributed by atoms with Crippen LogP contribution in [0.4, 0.5) is 0 Å². The molecule has 0 radical (unpaired) electrons. The molecule has 22 heavy (non-hydrogen) atoms. The maximum atomic E-state index is 11.1. The molecule has 6 N–H and O–H groups in total. The van der Waals surface area contributed by atoms with Crippen molar-refractivity contribution in [2.24, 2.45) is 5.73 Å². The van der Waals surface area contributed by atoms with Gasteiger partial charge in [0.05, 0.1) is 0 Å². The molecule has 1 aliphatic rings. The SMILES string of the molecule is C/C(=C\[C@H]1O[C@@H](n2cnc(C(N)=O)n2)[C@H](O)[C@@H]1O)P(=O)(O)O. The number of aromatic nitrogens is 3. The average molecular weight is 334 g/mol. The lowest BCUT2D eigenvalue weighted by Gasteiger charge is -2.13. The molecule has 11 nitrogen and oxygen atoms in total. The van der Waals surface area contributed by atoms with Gasteiger partial charge in [0.25, 0.3) is 5.91 Å². The van der Waals surface area contributed by atoms with E-state index in [0.29, 0.717) is 0 Å². The zero-order valence-corrected chi connectivity index (χ0v) is 12.2. The third-order valence-electron chi connectivity index (χ3n) is 3.13. The molecule has 0 aliphatic carbocycles. The second kappa shape index (κ2) is 5.88. The molecule has 1 amide bonds. The number of amides is 1. The lowest BCUT2D eigenvalue weighted by Crippen LogP contribution is -2.31. The van der Waals surface area contributed by atoms with Crippen molar-refractivity contribution in [2.45, 2.75) is 31.5 Å². The van der Waals surface area contributed by atoms with Gasteiger partial charge in [-0.1, -0.05) is 0 Å². The smallest absolute Gasteiger partial charge is 0.351 e. The molecule has 122 valence electrons. The number of aliphatic hydroxyl groups is 2. The van der Waals surface area contributed by atoms with Gasteiger partial charge in [0.1, 0.15) is 24.6 Å². The number of primary amides is 1. The van der Waals surface area contributed by atoms with Gasteiger partial charge in [-0.25, -0.2) is 9.67 Å². The Labute approximate surface area is 124 Å². The molecule has 2 rings (SSSR count). The minimum absolute atomic E-state index is 0.296.